The number of hydrazine groups is 1. The molecule has 80 valence electrons. The van der Waals surface area contributed by atoms with Gasteiger partial charge in [-0.1, -0.05) is 12.1 Å². The Balaban J connectivity index is 2.30. The second-order valence-electron chi connectivity index (χ2n) is 3.18. The molecule has 16 heavy (non-hydrogen) atoms. The zero-order valence-corrected chi connectivity index (χ0v) is 8.42. The second-order valence-corrected chi connectivity index (χ2v) is 3.18. The van der Waals surface area contributed by atoms with Crippen molar-refractivity contribution in [3.8, 4) is 11.1 Å². The minimum absolute atomic E-state index is 0.309. The van der Waals surface area contributed by atoms with Crippen LogP contribution in [-0.4, -0.2) is 15.9 Å². The number of carbonyl (C=O) groups is 1. The molecule has 0 radical (unpaired) electrons. The fourth-order valence-electron chi connectivity index (χ4n) is 1.35. The lowest BCUT2D eigenvalue weighted by Crippen LogP contribution is -2.29. The van der Waals surface area contributed by atoms with Crippen LogP contribution in [0.4, 0.5) is 0 Å². The SMILES string of the molecule is NNC(=O)c1ccc(-c2cncnc2)cc1. The van der Waals surface area contributed by atoms with Crippen LogP contribution in [-0.2, 0) is 0 Å². The smallest absolute Gasteiger partial charge is 0.265 e. The number of nitrogen functional groups attached to an aromatic ring is 1. The molecule has 0 saturated heterocycles. The molecule has 0 aliphatic carbocycles. The molecule has 5 heteroatoms. The molecule has 0 saturated carbocycles. The fraction of sp³-hybridized carbons (Fsp3) is 0. The predicted octanol–water partition coefficient (Wildman–Crippen LogP) is 0.747. The lowest BCUT2D eigenvalue weighted by atomic mass is 10.1. The van der Waals surface area contributed by atoms with E-state index in [-0.39, 0.29) is 5.91 Å². The Hall–Kier alpha value is -2.27. The first-order valence-electron chi connectivity index (χ1n) is 4.67. The van der Waals surface area contributed by atoms with Crippen molar-refractivity contribution in [2.75, 3.05) is 0 Å². The van der Waals surface area contributed by atoms with Gasteiger partial charge in [0.25, 0.3) is 5.91 Å². The van der Waals surface area contributed by atoms with Gasteiger partial charge in [-0.05, 0) is 17.7 Å². The Bertz CT molecular complexity index is 481. The Labute approximate surface area is 92.3 Å². The van der Waals surface area contributed by atoms with E-state index in [1.807, 2.05) is 12.1 Å². The number of nitrogens with two attached hydrogens (primary N) is 1. The Morgan fingerprint density at radius 2 is 1.69 bits per heavy atom. The van der Waals surface area contributed by atoms with Crippen LogP contribution in [0.2, 0.25) is 0 Å². The zero-order valence-electron chi connectivity index (χ0n) is 8.42. The Morgan fingerprint density at radius 3 is 2.25 bits per heavy atom. The van der Waals surface area contributed by atoms with E-state index in [4.69, 9.17) is 5.84 Å². The van der Waals surface area contributed by atoms with E-state index in [0.29, 0.717) is 5.56 Å². The van der Waals surface area contributed by atoms with Gasteiger partial charge in [0.1, 0.15) is 6.33 Å². The summed E-state index contributed by atoms with van der Waals surface area (Å²) in [4.78, 5) is 19.0. The van der Waals surface area contributed by atoms with Gasteiger partial charge in [-0.15, -0.1) is 0 Å². The number of benzene rings is 1. The van der Waals surface area contributed by atoms with Crippen molar-refractivity contribution in [3.63, 3.8) is 0 Å². The van der Waals surface area contributed by atoms with Crippen LogP contribution in [0.15, 0.2) is 43.0 Å². The van der Waals surface area contributed by atoms with Gasteiger partial charge in [0, 0.05) is 23.5 Å². The normalized spacial score (nSPS) is 9.81. The number of nitrogens with zero attached hydrogens (tertiary/aromatic N) is 2. The summed E-state index contributed by atoms with van der Waals surface area (Å²) in [6, 6.07) is 7.04. The molecule has 0 aliphatic rings. The van der Waals surface area contributed by atoms with Gasteiger partial charge in [0.15, 0.2) is 0 Å². The Kier molecular flexibility index (Phi) is 2.88. The molecule has 3 N–H and O–H groups in total. The third kappa shape index (κ3) is 2.04. The van der Waals surface area contributed by atoms with E-state index < -0.39 is 0 Å². The number of amides is 1. The maximum Gasteiger partial charge on any atom is 0.265 e. The summed E-state index contributed by atoms with van der Waals surface area (Å²) < 4.78 is 0. The number of hydrogen-bond donors (Lipinski definition) is 2. The molecule has 0 fully saturated rings. The van der Waals surface area contributed by atoms with Gasteiger partial charge in [-0.2, -0.15) is 0 Å². The Morgan fingerprint density at radius 1 is 1.06 bits per heavy atom. The van der Waals surface area contributed by atoms with Crippen molar-refractivity contribution in [2.45, 2.75) is 0 Å². The first kappa shape index (κ1) is 10.3. The number of nitrogens with one attached hydrogen (secondary N) is 1. The summed E-state index contributed by atoms with van der Waals surface area (Å²) in [6.07, 6.45) is 4.90. The number of rotatable bonds is 2. The molecule has 1 aromatic heterocycles. The molecular weight excluding hydrogens is 204 g/mol. The van der Waals surface area contributed by atoms with Crippen molar-refractivity contribution in [3.05, 3.63) is 48.5 Å². The molecule has 1 heterocycles. The van der Waals surface area contributed by atoms with E-state index in [9.17, 15) is 4.79 Å². The van der Waals surface area contributed by atoms with Crippen molar-refractivity contribution < 1.29 is 4.79 Å². The lowest BCUT2D eigenvalue weighted by molar-refractivity contribution is 0.0953. The van der Waals surface area contributed by atoms with E-state index in [1.54, 1.807) is 24.5 Å². The summed E-state index contributed by atoms with van der Waals surface area (Å²) in [7, 11) is 0. The quantitative estimate of drug-likeness (QED) is 0.439. The molecule has 1 aromatic carbocycles. The average molecular weight is 214 g/mol. The van der Waals surface area contributed by atoms with Gasteiger partial charge in [-0.25, -0.2) is 15.8 Å². The summed E-state index contributed by atoms with van der Waals surface area (Å²) in [5, 5.41) is 0. The van der Waals surface area contributed by atoms with Crippen molar-refractivity contribution in [1.29, 1.82) is 0 Å². The largest absolute Gasteiger partial charge is 0.290 e. The van der Waals surface area contributed by atoms with Gasteiger partial charge in [0.2, 0.25) is 0 Å². The molecule has 0 atom stereocenters. The van der Waals surface area contributed by atoms with Crippen LogP contribution in [0.1, 0.15) is 10.4 Å². The number of aromatic nitrogens is 2. The molecule has 1 amide bonds. The third-order valence-corrected chi connectivity index (χ3v) is 2.17. The molecular formula is C11H10N4O. The van der Waals surface area contributed by atoms with Crippen LogP contribution in [0.25, 0.3) is 11.1 Å². The molecule has 0 aliphatic heterocycles. The molecule has 5 nitrogen and oxygen atoms in total. The van der Waals surface area contributed by atoms with Crippen LogP contribution in [0, 0.1) is 0 Å². The molecule has 0 spiro atoms. The van der Waals surface area contributed by atoms with Crippen molar-refractivity contribution in [2.24, 2.45) is 5.84 Å². The minimum Gasteiger partial charge on any atom is -0.290 e. The summed E-state index contributed by atoms with van der Waals surface area (Å²) in [5.74, 6) is 4.72. The van der Waals surface area contributed by atoms with Gasteiger partial charge < -0.3 is 0 Å². The van der Waals surface area contributed by atoms with Crippen LogP contribution >= 0.6 is 0 Å². The van der Waals surface area contributed by atoms with Crippen molar-refractivity contribution in [1.82, 2.24) is 15.4 Å². The zero-order chi connectivity index (χ0) is 11.4. The van der Waals surface area contributed by atoms with E-state index in [1.165, 1.54) is 6.33 Å². The van der Waals surface area contributed by atoms with Crippen LogP contribution in [0.3, 0.4) is 0 Å². The number of carbonyl (C=O) groups excluding carboxylic acids is 1. The summed E-state index contributed by atoms with van der Waals surface area (Å²) in [5.41, 5.74) is 4.45. The highest BCUT2D eigenvalue weighted by Crippen LogP contribution is 2.17. The average Bonchev–Trinajstić information content (AvgIpc) is 2.39. The number of hydrogen-bond acceptors (Lipinski definition) is 4. The molecule has 0 unspecified atom stereocenters. The monoisotopic (exact) mass is 214 g/mol. The van der Waals surface area contributed by atoms with E-state index >= 15 is 0 Å². The highest BCUT2D eigenvalue weighted by molar-refractivity contribution is 5.94. The summed E-state index contributed by atoms with van der Waals surface area (Å²) in [6.45, 7) is 0. The topological polar surface area (TPSA) is 80.9 Å². The molecule has 0 bridgehead atoms. The van der Waals surface area contributed by atoms with Crippen LogP contribution < -0.4 is 11.3 Å². The lowest BCUT2D eigenvalue weighted by Gasteiger charge is -2.02. The first-order chi connectivity index (χ1) is 7.81. The maximum atomic E-state index is 11.2. The van der Waals surface area contributed by atoms with Gasteiger partial charge >= 0.3 is 0 Å². The second kappa shape index (κ2) is 4.50. The van der Waals surface area contributed by atoms with Crippen LogP contribution in [0.5, 0.6) is 0 Å². The minimum atomic E-state index is -0.309. The first-order valence-corrected chi connectivity index (χ1v) is 4.67. The van der Waals surface area contributed by atoms with E-state index in [2.05, 4.69) is 15.4 Å². The van der Waals surface area contributed by atoms with Gasteiger partial charge in [-0.3, -0.25) is 10.2 Å². The highest BCUT2D eigenvalue weighted by atomic mass is 16.2. The fourth-order valence-corrected chi connectivity index (χ4v) is 1.35. The third-order valence-electron chi connectivity index (χ3n) is 2.17. The maximum absolute atomic E-state index is 11.2. The van der Waals surface area contributed by atoms with Gasteiger partial charge in [0.05, 0.1) is 0 Å². The highest BCUT2D eigenvalue weighted by Gasteiger charge is 2.03. The van der Waals surface area contributed by atoms with E-state index in [0.717, 1.165) is 11.1 Å². The standard InChI is InChI=1S/C11H10N4O/c12-15-11(16)9-3-1-8(2-4-9)10-5-13-7-14-6-10/h1-7H,12H2,(H,15,16). The summed E-state index contributed by atoms with van der Waals surface area (Å²) >= 11 is 0. The van der Waals surface area contributed by atoms with Crippen molar-refractivity contribution >= 4 is 5.91 Å². The predicted molar refractivity (Wildman–Crippen MR) is 59.1 cm³/mol. The molecule has 2 rings (SSSR count). The molecule has 2 aromatic rings.